The zero-order chi connectivity index (χ0) is 11.5. The molecule has 3 heteroatoms. The van der Waals surface area contributed by atoms with Gasteiger partial charge in [0.05, 0.1) is 12.1 Å². The average molecular weight is 220 g/mol. The zero-order valence-corrected chi connectivity index (χ0v) is 10.0. The Morgan fingerprint density at radius 1 is 1.38 bits per heavy atom. The van der Waals surface area contributed by atoms with Crippen LogP contribution < -0.4 is 10.6 Å². The van der Waals surface area contributed by atoms with Crippen LogP contribution >= 0.6 is 0 Å². The van der Waals surface area contributed by atoms with Crippen LogP contribution in [0.4, 0.5) is 5.69 Å². The van der Waals surface area contributed by atoms with Crippen LogP contribution in [0.2, 0.25) is 0 Å². The summed E-state index contributed by atoms with van der Waals surface area (Å²) in [4.78, 5) is 2.30. The van der Waals surface area contributed by atoms with Gasteiger partial charge in [-0.05, 0) is 31.0 Å². The van der Waals surface area contributed by atoms with Crippen molar-refractivity contribution in [2.75, 3.05) is 18.6 Å². The lowest BCUT2D eigenvalue weighted by molar-refractivity contribution is 0.118. The van der Waals surface area contributed by atoms with Crippen LogP contribution in [0.25, 0.3) is 0 Å². The van der Waals surface area contributed by atoms with Gasteiger partial charge in [0.1, 0.15) is 0 Å². The minimum atomic E-state index is 0.319. The fraction of sp³-hybridized carbons (Fsp3) is 0.538. The number of benzene rings is 1. The molecular weight excluding hydrogens is 200 g/mol. The van der Waals surface area contributed by atoms with E-state index in [9.17, 15) is 0 Å². The largest absolute Gasteiger partial charge is 0.376 e. The first-order valence-corrected chi connectivity index (χ1v) is 5.86. The van der Waals surface area contributed by atoms with Gasteiger partial charge in [0, 0.05) is 25.9 Å². The monoisotopic (exact) mass is 220 g/mol. The molecule has 88 valence electrons. The molecule has 1 heterocycles. The van der Waals surface area contributed by atoms with Crippen molar-refractivity contribution in [3.63, 3.8) is 0 Å². The van der Waals surface area contributed by atoms with Crippen LogP contribution in [0, 0.1) is 0 Å². The number of nitrogens with two attached hydrogens (primary N) is 1. The molecule has 1 aliphatic rings. The summed E-state index contributed by atoms with van der Waals surface area (Å²) >= 11 is 0. The molecule has 16 heavy (non-hydrogen) atoms. The summed E-state index contributed by atoms with van der Waals surface area (Å²) in [6, 6.07) is 8.93. The second-order valence-corrected chi connectivity index (χ2v) is 4.41. The lowest BCUT2D eigenvalue weighted by Gasteiger charge is -2.28. The Kier molecular flexibility index (Phi) is 3.46. The number of anilines is 1. The molecule has 1 aliphatic heterocycles. The normalized spacial score (nSPS) is 24.7. The first-order chi connectivity index (χ1) is 7.72. The minimum absolute atomic E-state index is 0.319. The summed E-state index contributed by atoms with van der Waals surface area (Å²) < 4.78 is 5.59. The highest BCUT2D eigenvalue weighted by molar-refractivity contribution is 5.48. The van der Waals surface area contributed by atoms with Gasteiger partial charge in [0.2, 0.25) is 0 Å². The highest BCUT2D eigenvalue weighted by Gasteiger charge is 2.27. The molecule has 0 spiro atoms. The van der Waals surface area contributed by atoms with Gasteiger partial charge in [0.25, 0.3) is 0 Å². The first kappa shape index (κ1) is 11.4. The number of likely N-dealkylation sites (N-methyl/N-ethyl adjacent to an activating group) is 1. The highest BCUT2D eigenvalue weighted by atomic mass is 16.5. The first-order valence-electron chi connectivity index (χ1n) is 5.86. The fourth-order valence-corrected chi connectivity index (χ4v) is 2.29. The van der Waals surface area contributed by atoms with Crippen LogP contribution in [0.15, 0.2) is 24.3 Å². The van der Waals surface area contributed by atoms with Crippen LogP contribution in [-0.4, -0.2) is 25.8 Å². The molecule has 1 fully saturated rings. The maximum Gasteiger partial charge on any atom is 0.0750 e. The van der Waals surface area contributed by atoms with E-state index < -0.39 is 0 Å². The van der Waals surface area contributed by atoms with Crippen molar-refractivity contribution in [1.82, 2.24) is 0 Å². The van der Waals surface area contributed by atoms with Crippen molar-refractivity contribution < 1.29 is 4.74 Å². The van der Waals surface area contributed by atoms with Crippen molar-refractivity contribution in [2.24, 2.45) is 5.73 Å². The van der Waals surface area contributed by atoms with Gasteiger partial charge in [-0.25, -0.2) is 0 Å². The Morgan fingerprint density at radius 3 is 2.56 bits per heavy atom. The topological polar surface area (TPSA) is 38.5 Å². The molecule has 2 atom stereocenters. The molecule has 2 N–H and O–H groups in total. The molecular formula is C13H20N2O. The van der Waals surface area contributed by atoms with Gasteiger partial charge in [-0.15, -0.1) is 0 Å². The van der Waals surface area contributed by atoms with E-state index in [0.29, 0.717) is 18.7 Å². The van der Waals surface area contributed by atoms with E-state index in [4.69, 9.17) is 10.5 Å². The summed E-state index contributed by atoms with van der Waals surface area (Å²) in [6.07, 6.45) is 1.43. The number of hydrogen-bond donors (Lipinski definition) is 1. The van der Waals surface area contributed by atoms with Gasteiger partial charge in [-0.3, -0.25) is 0 Å². The molecule has 0 aliphatic carbocycles. The van der Waals surface area contributed by atoms with E-state index in [1.165, 1.54) is 11.3 Å². The summed E-state index contributed by atoms with van der Waals surface area (Å²) in [5.74, 6) is 0. The fourth-order valence-electron chi connectivity index (χ4n) is 2.29. The van der Waals surface area contributed by atoms with Gasteiger partial charge >= 0.3 is 0 Å². The molecule has 3 nitrogen and oxygen atoms in total. The van der Waals surface area contributed by atoms with Crippen molar-refractivity contribution in [3.05, 3.63) is 29.8 Å². The Bertz CT molecular complexity index is 336. The summed E-state index contributed by atoms with van der Waals surface area (Å²) in [5.41, 5.74) is 8.00. The molecule has 0 aromatic heterocycles. The van der Waals surface area contributed by atoms with Crippen LogP contribution in [0.3, 0.4) is 0 Å². The number of rotatable bonds is 3. The molecule has 0 amide bonds. The maximum atomic E-state index is 5.59. The quantitative estimate of drug-likeness (QED) is 0.843. The lowest BCUT2D eigenvalue weighted by atomic mass is 10.1. The summed E-state index contributed by atoms with van der Waals surface area (Å²) in [6.45, 7) is 3.62. The van der Waals surface area contributed by atoms with E-state index in [0.717, 1.165) is 13.0 Å². The third-order valence-corrected chi connectivity index (χ3v) is 3.41. The molecule has 0 saturated carbocycles. The van der Waals surface area contributed by atoms with Crippen molar-refractivity contribution >= 4 is 5.69 Å². The third kappa shape index (κ3) is 2.20. The Balaban J connectivity index is 2.10. The van der Waals surface area contributed by atoms with Gasteiger partial charge in [0.15, 0.2) is 0 Å². The zero-order valence-electron chi connectivity index (χ0n) is 10.0. The highest BCUT2D eigenvalue weighted by Crippen LogP contribution is 2.24. The summed E-state index contributed by atoms with van der Waals surface area (Å²) in [7, 11) is 2.13. The SMILES string of the molecule is CC1OCCC1N(C)c1ccc(CN)cc1. The van der Waals surface area contributed by atoms with Gasteiger partial charge in [-0.2, -0.15) is 0 Å². The molecule has 1 saturated heterocycles. The molecule has 1 aromatic carbocycles. The van der Waals surface area contributed by atoms with Gasteiger partial charge < -0.3 is 15.4 Å². The van der Waals surface area contributed by atoms with E-state index in [1.807, 2.05) is 0 Å². The van der Waals surface area contributed by atoms with E-state index in [-0.39, 0.29) is 0 Å². The Labute approximate surface area is 97.2 Å². The molecule has 2 rings (SSSR count). The minimum Gasteiger partial charge on any atom is -0.376 e. The standard InChI is InChI=1S/C13H20N2O/c1-10-13(7-8-16-10)15(2)12-5-3-11(9-14)4-6-12/h3-6,10,13H,7-9,14H2,1-2H3. The number of nitrogens with zero attached hydrogens (tertiary/aromatic N) is 1. The summed E-state index contributed by atoms with van der Waals surface area (Å²) in [5, 5.41) is 0. The van der Waals surface area contributed by atoms with E-state index >= 15 is 0 Å². The van der Waals surface area contributed by atoms with Crippen molar-refractivity contribution in [3.8, 4) is 0 Å². The lowest BCUT2D eigenvalue weighted by Crippen LogP contribution is -2.36. The van der Waals surface area contributed by atoms with Crippen LogP contribution in [-0.2, 0) is 11.3 Å². The smallest absolute Gasteiger partial charge is 0.0750 e. The Hall–Kier alpha value is -1.06. The third-order valence-electron chi connectivity index (χ3n) is 3.41. The molecule has 1 aromatic rings. The van der Waals surface area contributed by atoms with Gasteiger partial charge in [-0.1, -0.05) is 12.1 Å². The second-order valence-electron chi connectivity index (χ2n) is 4.41. The maximum absolute atomic E-state index is 5.59. The molecule has 2 unspecified atom stereocenters. The number of hydrogen-bond acceptors (Lipinski definition) is 3. The molecule has 0 radical (unpaired) electrons. The predicted molar refractivity (Wildman–Crippen MR) is 66.6 cm³/mol. The van der Waals surface area contributed by atoms with Crippen molar-refractivity contribution in [2.45, 2.75) is 32.0 Å². The van der Waals surface area contributed by atoms with E-state index in [1.54, 1.807) is 0 Å². The Morgan fingerprint density at radius 2 is 2.06 bits per heavy atom. The average Bonchev–Trinajstić information content (AvgIpc) is 2.75. The predicted octanol–water partition coefficient (Wildman–Crippen LogP) is 1.76. The number of ether oxygens (including phenoxy) is 1. The second kappa shape index (κ2) is 4.85. The van der Waals surface area contributed by atoms with Crippen LogP contribution in [0.1, 0.15) is 18.9 Å². The van der Waals surface area contributed by atoms with Crippen LogP contribution in [0.5, 0.6) is 0 Å². The molecule has 0 bridgehead atoms. The van der Waals surface area contributed by atoms with E-state index in [2.05, 4.69) is 43.1 Å². The van der Waals surface area contributed by atoms with Crippen molar-refractivity contribution in [1.29, 1.82) is 0 Å².